The van der Waals surface area contributed by atoms with Crippen molar-refractivity contribution in [2.24, 2.45) is 11.3 Å². The van der Waals surface area contributed by atoms with Crippen molar-refractivity contribution in [3.63, 3.8) is 0 Å². The SMILES string of the molecule is CC(=O)Oc1ccc(C2(c3ccc(OC(C)=O)cc3)CC(C)CC(C)(C)C2)cc1. The molecule has 1 saturated carbocycles. The van der Waals surface area contributed by atoms with Gasteiger partial charge < -0.3 is 9.47 Å². The highest BCUT2D eigenvalue weighted by molar-refractivity contribution is 5.69. The lowest BCUT2D eigenvalue weighted by atomic mass is 9.55. The van der Waals surface area contributed by atoms with Crippen LogP contribution in [0, 0.1) is 11.3 Å². The van der Waals surface area contributed by atoms with Crippen LogP contribution in [0.3, 0.4) is 0 Å². The maximum atomic E-state index is 11.3. The van der Waals surface area contributed by atoms with Gasteiger partial charge in [-0.15, -0.1) is 0 Å². The van der Waals surface area contributed by atoms with E-state index < -0.39 is 0 Å². The van der Waals surface area contributed by atoms with Gasteiger partial charge in [0.2, 0.25) is 0 Å². The Morgan fingerprint density at radius 1 is 0.793 bits per heavy atom. The van der Waals surface area contributed by atoms with E-state index in [4.69, 9.17) is 9.47 Å². The number of carbonyl (C=O) groups excluding carboxylic acids is 2. The molecule has 4 nitrogen and oxygen atoms in total. The van der Waals surface area contributed by atoms with Crippen LogP contribution in [0.5, 0.6) is 11.5 Å². The number of carbonyl (C=O) groups is 2. The largest absolute Gasteiger partial charge is 0.427 e. The average Bonchev–Trinajstić information content (AvgIpc) is 2.60. The van der Waals surface area contributed by atoms with E-state index in [1.165, 1.54) is 31.4 Å². The first kappa shape index (κ1) is 21.1. The van der Waals surface area contributed by atoms with Crippen LogP contribution in [0.15, 0.2) is 48.5 Å². The molecule has 2 aromatic rings. The van der Waals surface area contributed by atoms with Crippen LogP contribution in [0.2, 0.25) is 0 Å². The van der Waals surface area contributed by atoms with Gasteiger partial charge in [-0.05, 0) is 66.0 Å². The molecule has 1 aliphatic carbocycles. The number of rotatable bonds is 4. The second kappa shape index (κ2) is 8.02. The van der Waals surface area contributed by atoms with Crippen molar-refractivity contribution in [1.82, 2.24) is 0 Å². The first-order chi connectivity index (χ1) is 13.6. The second-order valence-corrected chi connectivity index (χ2v) is 9.17. The first-order valence-electron chi connectivity index (χ1n) is 10.2. The first-order valence-corrected chi connectivity index (χ1v) is 10.2. The summed E-state index contributed by atoms with van der Waals surface area (Å²) in [4.78, 5) is 22.5. The average molecular weight is 395 g/mol. The Bertz CT molecular complexity index is 819. The van der Waals surface area contributed by atoms with Gasteiger partial charge >= 0.3 is 11.9 Å². The third-order valence-electron chi connectivity index (χ3n) is 5.72. The minimum atomic E-state index is -0.319. The normalized spacial score (nSPS) is 20.0. The highest BCUT2D eigenvalue weighted by Crippen LogP contribution is 2.53. The lowest BCUT2D eigenvalue weighted by Gasteiger charge is -2.48. The summed E-state index contributed by atoms with van der Waals surface area (Å²) in [5, 5.41) is 0. The summed E-state index contributed by atoms with van der Waals surface area (Å²) in [6.07, 6.45) is 3.24. The predicted molar refractivity (Wildman–Crippen MR) is 113 cm³/mol. The van der Waals surface area contributed by atoms with Crippen LogP contribution in [0.4, 0.5) is 0 Å². The second-order valence-electron chi connectivity index (χ2n) is 9.17. The Morgan fingerprint density at radius 2 is 1.21 bits per heavy atom. The maximum absolute atomic E-state index is 11.3. The van der Waals surface area contributed by atoms with Crippen molar-refractivity contribution in [3.05, 3.63) is 59.7 Å². The standard InChI is InChI=1S/C25H30O4/c1-17-14-24(4,5)16-25(15-17,20-6-10-22(11-7-20)28-18(2)26)21-8-12-23(13-9-21)29-19(3)27/h6-13,17H,14-16H2,1-5H3. The molecule has 3 rings (SSSR count). The molecule has 0 aromatic heterocycles. The fraction of sp³-hybridized carbons (Fsp3) is 0.440. The van der Waals surface area contributed by atoms with Crippen LogP contribution in [0.1, 0.15) is 65.0 Å². The van der Waals surface area contributed by atoms with E-state index in [9.17, 15) is 9.59 Å². The molecule has 154 valence electrons. The quantitative estimate of drug-likeness (QED) is 0.495. The van der Waals surface area contributed by atoms with Crippen molar-refractivity contribution in [2.75, 3.05) is 0 Å². The van der Waals surface area contributed by atoms with E-state index in [2.05, 4.69) is 45.0 Å². The fourth-order valence-electron chi connectivity index (χ4n) is 5.19. The van der Waals surface area contributed by atoms with Crippen LogP contribution in [0.25, 0.3) is 0 Å². The Labute approximate surface area is 173 Å². The summed E-state index contributed by atoms with van der Waals surface area (Å²) in [7, 11) is 0. The van der Waals surface area contributed by atoms with Gasteiger partial charge in [0.05, 0.1) is 0 Å². The lowest BCUT2D eigenvalue weighted by Crippen LogP contribution is -2.41. The highest BCUT2D eigenvalue weighted by atomic mass is 16.5. The summed E-state index contributed by atoms with van der Waals surface area (Å²) in [6, 6.07) is 15.8. The third-order valence-corrected chi connectivity index (χ3v) is 5.72. The van der Waals surface area contributed by atoms with Gasteiger partial charge in [-0.3, -0.25) is 9.59 Å². The lowest BCUT2D eigenvalue weighted by molar-refractivity contribution is -0.132. The van der Waals surface area contributed by atoms with Crippen molar-refractivity contribution in [2.45, 2.75) is 59.3 Å². The van der Waals surface area contributed by atoms with E-state index in [0.717, 1.165) is 12.8 Å². The molecule has 0 amide bonds. The van der Waals surface area contributed by atoms with Gasteiger partial charge in [-0.25, -0.2) is 0 Å². The zero-order chi connectivity index (χ0) is 21.2. The van der Waals surface area contributed by atoms with Gasteiger partial charge in [-0.1, -0.05) is 45.0 Å². The molecule has 0 N–H and O–H groups in total. The third kappa shape index (κ3) is 4.87. The van der Waals surface area contributed by atoms with Gasteiger partial charge in [0.25, 0.3) is 0 Å². The molecule has 1 aliphatic rings. The van der Waals surface area contributed by atoms with Gasteiger partial charge in [0, 0.05) is 19.3 Å². The summed E-state index contributed by atoms with van der Waals surface area (Å²) in [6.45, 7) is 9.79. The monoisotopic (exact) mass is 394 g/mol. The maximum Gasteiger partial charge on any atom is 0.308 e. The number of esters is 2. The van der Waals surface area contributed by atoms with Crippen molar-refractivity contribution in [1.29, 1.82) is 0 Å². The smallest absolute Gasteiger partial charge is 0.308 e. The zero-order valence-corrected chi connectivity index (χ0v) is 18.0. The van der Waals surface area contributed by atoms with E-state index in [1.807, 2.05) is 24.3 Å². The Morgan fingerprint density at radius 3 is 1.55 bits per heavy atom. The summed E-state index contributed by atoms with van der Waals surface area (Å²) >= 11 is 0. The van der Waals surface area contributed by atoms with Gasteiger partial charge in [0.1, 0.15) is 11.5 Å². The Balaban J connectivity index is 2.05. The molecule has 4 heteroatoms. The minimum absolute atomic E-state index is 0.148. The molecular formula is C25H30O4. The van der Waals surface area contributed by atoms with Gasteiger partial charge in [0.15, 0.2) is 0 Å². The molecule has 29 heavy (non-hydrogen) atoms. The molecular weight excluding hydrogens is 364 g/mol. The molecule has 0 bridgehead atoms. The molecule has 0 radical (unpaired) electrons. The van der Waals surface area contributed by atoms with Crippen LogP contribution in [-0.4, -0.2) is 11.9 Å². The van der Waals surface area contributed by atoms with E-state index >= 15 is 0 Å². The fourth-order valence-corrected chi connectivity index (χ4v) is 5.19. The molecule has 0 spiro atoms. The molecule has 1 unspecified atom stereocenters. The van der Waals surface area contributed by atoms with E-state index in [-0.39, 0.29) is 22.8 Å². The summed E-state index contributed by atoms with van der Waals surface area (Å²) in [5.74, 6) is 1.05. The topological polar surface area (TPSA) is 52.6 Å². The van der Waals surface area contributed by atoms with Crippen LogP contribution < -0.4 is 9.47 Å². The van der Waals surface area contributed by atoms with Crippen LogP contribution >= 0.6 is 0 Å². The van der Waals surface area contributed by atoms with Crippen molar-refractivity contribution >= 4 is 11.9 Å². The van der Waals surface area contributed by atoms with Crippen molar-refractivity contribution in [3.8, 4) is 11.5 Å². The molecule has 0 heterocycles. The Hall–Kier alpha value is -2.62. The number of hydrogen-bond donors (Lipinski definition) is 0. The number of benzene rings is 2. The van der Waals surface area contributed by atoms with E-state index in [0.29, 0.717) is 17.4 Å². The predicted octanol–water partition coefficient (Wildman–Crippen LogP) is 5.67. The molecule has 2 aromatic carbocycles. The minimum Gasteiger partial charge on any atom is -0.427 e. The summed E-state index contributed by atoms with van der Waals surface area (Å²) < 4.78 is 10.4. The zero-order valence-electron chi connectivity index (χ0n) is 18.0. The highest BCUT2D eigenvalue weighted by Gasteiger charge is 2.45. The number of hydrogen-bond acceptors (Lipinski definition) is 4. The Kier molecular flexibility index (Phi) is 5.83. The summed E-state index contributed by atoms with van der Waals surface area (Å²) in [5.41, 5.74) is 2.48. The van der Waals surface area contributed by atoms with Crippen molar-refractivity contribution < 1.29 is 19.1 Å². The van der Waals surface area contributed by atoms with Gasteiger partial charge in [-0.2, -0.15) is 0 Å². The number of ether oxygens (including phenoxy) is 2. The molecule has 1 fully saturated rings. The van der Waals surface area contributed by atoms with E-state index in [1.54, 1.807) is 0 Å². The van der Waals surface area contributed by atoms with Crippen LogP contribution in [-0.2, 0) is 15.0 Å². The molecule has 0 aliphatic heterocycles. The molecule has 1 atom stereocenters. The molecule has 0 saturated heterocycles.